The number of sulfonamides is 1. The number of hydrogen-bond acceptors (Lipinski definition) is 4. The maximum atomic E-state index is 10.9. The number of carbonyl (C=O) groups is 1. The number of amides is 2. The van der Waals surface area contributed by atoms with E-state index < -0.39 is 21.6 Å². The van der Waals surface area contributed by atoms with Gasteiger partial charge < -0.3 is 5.32 Å². The molecule has 0 aliphatic rings. The van der Waals surface area contributed by atoms with E-state index in [1.807, 2.05) is 5.43 Å². The van der Waals surface area contributed by atoms with Crippen LogP contribution in [0.15, 0.2) is 0 Å². The number of hydrogen-bond donors (Lipinski definition) is 4. The second kappa shape index (κ2) is 4.58. The Balaban J connectivity index is 4.15. The Morgan fingerprint density at radius 1 is 1.43 bits per heavy atom. The van der Waals surface area contributed by atoms with Gasteiger partial charge in [0, 0.05) is 12.1 Å². The van der Waals surface area contributed by atoms with Crippen LogP contribution in [0.4, 0.5) is 4.79 Å². The summed E-state index contributed by atoms with van der Waals surface area (Å²) in [7, 11) is -3.29. The molecule has 0 radical (unpaired) electrons. The molecule has 5 N–H and O–H groups in total. The summed E-state index contributed by atoms with van der Waals surface area (Å²) in [5.74, 6) is 4.83. The standard InChI is InChI=1S/C6H16N4O3S/c1-6(2,10-14(3,12)13)4-8-5(11)9-7/h10H,4,7H2,1-3H3,(H2,8,9,11). The molecule has 0 saturated carbocycles. The molecule has 0 fully saturated rings. The Bertz CT molecular complexity index is 298. The molecule has 0 atom stereocenters. The number of hydrazine groups is 1. The molecule has 0 bridgehead atoms. The maximum absolute atomic E-state index is 10.9. The van der Waals surface area contributed by atoms with Gasteiger partial charge in [-0.25, -0.2) is 23.8 Å². The van der Waals surface area contributed by atoms with Crippen molar-refractivity contribution in [3.05, 3.63) is 0 Å². The van der Waals surface area contributed by atoms with Crippen LogP contribution in [0.5, 0.6) is 0 Å². The molecule has 0 unspecified atom stereocenters. The van der Waals surface area contributed by atoms with Crippen molar-refractivity contribution in [2.45, 2.75) is 19.4 Å². The Morgan fingerprint density at radius 2 is 1.93 bits per heavy atom. The van der Waals surface area contributed by atoms with E-state index in [0.717, 1.165) is 6.26 Å². The molecular weight excluding hydrogens is 208 g/mol. The number of nitrogens with two attached hydrogens (primary N) is 1. The molecule has 84 valence electrons. The SMILES string of the molecule is CC(C)(CNC(=O)NN)NS(C)(=O)=O. The summed E-state index contributed by atoms with van der Waals surface area (Å²) in [5, 5.41) is 2.39. The molecule has 0 heterocycles. The molecule has 0 saturated heterocycles. The fraction of sp³-hybridized carbons (Fsp3) is 0.833. The van der Waals surface area contributed by atoms with Crippen molar-refractivity contribution in [1.29, 1.82) is 0 Å². The highest BCUT2D eigenvalue weighted by Crippen LogP contribution is 2.01. The minimum Gasteiger partial charge on any atom is -0.335 e. The van der Waals surface area contributed by atoms with Crippen molar-refractivity contribution >= 4 is 16.1 Å². The van der Waals surface area contributed by atoms with Crippen molar-refractivity contribution in [1.82, 2.24) is 15.5 Å². The topological polar surface area (TPSA) is 113 Å². The molecule has 0 rings (SSSR count). The van der Waals surface area contributed by atoms with Gasteiger partial charge in [0.1, 0.15) is 0 Å². The molecule has 14 heavy (non-hydrogen) atoms. The molecule has 0 aromatic rings. The molecule has 0 aromatic heterocycles. The maximum Gasteiger partial charge on any atom is 0.328 e. The van der Waals surface area contributed by atoms with Gasteiger partial charge in [-0.1, -0.05) is 0 Å². The molecule has 0 aromatic carbocycles. The van der Waals surface area contributed by atoms with Gasteiger partial charge in [-0.3, -0.25) is 5.43 Å². The average Bonchev–Trinajstić information content (AvgIpc) is 1.96. The molecular formula is C6H16N4O3S. The van der Waals surface area contributed by atoms with Gasteiger partial charge in [0.25, 0.3) is 0 Å². The molecule has 7 nitrogen and oxygen atoms in total. The number of rotatable bonds is 4. The van der Waals surface area contributed by atoms with Crippen LogP contribution in [0.3, 0.4) is 0 Å². The van der Waals surface area contributed by atoms with Gasteiger partial charge >= 0.3 is 6.03 Å². The van der Waals surface area contributed by atoms with Gasteiger partial charge in [-0.05, 0) is 13.8 Å². The van der Waals surface area contributed by atoms with Gasteiger partial charge in [-0.2, -0.15) is 0 Å². The second-order valence-corrected chi connectivity index (χ2v) is 5.33. The van der Waals surface area contributed by atoms with Crippen LogP contribution >= 0.6 is 0 Å². The van der Waals surface area contributed by atoms with E-state index in [9.17, 15) is 13.2 Å². The van der Waals surface area contributed by atoms with Crippen LogP contribution in [-0.4, -0.2) is 32.8 Å². The summed E-state index contributed by atoms with van der Waals surface area (Å²) in [6.45, 7) is 3.43. The van der Waals surface area contributed by atoms with Crippen LogP contribution in [0, 0.1) is 0 Å². The summed E-state index contributed by atoms with van der Waals surface area (Å²) in [5.41, 5.74) is 1.12. The second-order valence-electron chi connectivity index (χ2n) is 3.59. The zero-order chi connectivity index (χ0) is 11.4. The summed E-state index contributed by atoms with van der Waals surface area (Å²) >= 11 is 0. The Kier molecular flexibility index (Phi) is 4.30. The largest absolute Gasteiger partial charge is 0.335 e. The van der Waals surface area contributed by atoms with Crippen molar-refractivity contribution < 1.29 is 13.2 Å². The molecule has 8 heteroatoms. The van der Waals surface area contributed by atoms with E-state index in [0.29, 0.717) is 0 Å². The molecule has 0 spiro atoms. The quantitative estimate of drug-likeness (QED) is 0.264. The third-order valence-corrected chi connectivity index (χ3v) is 2.21. The van der Waals surface area contributed by atoms with E-state index in [1.165, 1.54) is 0 Å². The first kappa shape index (κ1) is 13.1. The van der Waals surface area contributed by atoms with E-state index in [2.05, 4.69) is 10.0 Å². The monoisotopic (exact) mass is 224 g/mol. The van der Waals surface area contributed by atoms with Crippen molar-refractivity contribution in [2.75, 3.05) is 12.8 Å². The lowest BCUT2D eigenvalue weighted by atomic mass is 10.1. The van der Waals surface area contributed by atoms with Crippen LogP contribution in [0.1, 0.15) is 13.8 Å². The van der Waals surface area contributed by atoms with Crippen molar-refractivity contribution in [2.24, 2.45) is 5.84 Å². The highest BCUT2D eigenvalue weighted by molar-refractivity contribution is 7.88. The Labute approximate surface area is 83.4 Å². The normalized spacial score (nSPS) is 12.3. The zero-order valence-corrected chi connectivity index (χ0v) is 9.23. The number of carbonyl (C=O) groups excluding carboxylic acids is 1. The first-order chi connectivity index (χ1) is 6.16. The van der Waals surface area contributed by atoms with Gasteiger partial charge in [-0.15, -0.1) is 0 Å². The van der Waals surface area contributed by atoms with Crippen LogP contribution < -0.4 is 21.3 Å². The number of nitrogens with one attached hydrogen (secondary N) is 3. The minimum atomic E-state index is -3.29. The Hall–Kier alpha value is -0.860. The van der Waals surface area contributed by atoms with Gasteiger partial charge in [0.2, 0.25) is 10.0 Å². The zero-order valence-electron chi connectivity index (χ0n) is 8.42. The van der Waals surface area contributed by atoms with Crippen molar-refractivity contribution in [3.63, 3.8) is 0 Å². The summed E-state index contributed by atoms with van der Waals surface area (Å²) in [6.07, 6.45) is 1.05. The lowest BCUT2D eigenvalue weighted by Gasteiger charge is -2.24. The molecule has 0 aliphatic heterocycles. The van der Waals surface area contributed by atoms with Crippen molar-refractivity contribution in [3.8, 4) is 0 Å². The van der Waals surface area contributed by atoms with Gasteiger partial charge in [0.05, 0.1) is 6.26 Å². The first-order valence-electron chi connectivity index (χ1n) is 3.90. The third-order valence-electron chi connectivity index (χ3n) is 1.28. The van der Waals surface area contributed by atoms with E-state index in [-0.39, 0.29) is 6.54 Å². The summed E-state index contributed by atoms with van der Waals surface area (Å²) in [6, 6.07) is -0.562. The van der Waals surface area contributed by atoms with Crippen LogP contribution in [-0.2, 0) is 10.0 Å². The highest BCUT2D eigenvalue weighted by atomic mass is 32.2. The third kappa shape index (κ3) is 6.63. The predicted octanol–water partition coefficient (Wildman–Crippen LogP) is -1.51. The lowest BCUT2D eigenvalue weighted by Crippen LogP contribution is -2.53. The Morgan fingerprint density at radius 3 is 2.29 bits per heavy atom. The van der Waals surface area contributed by atoms with Crippen LogP contribution in [0.2, 0.25) is 0 Å². The molecule has 0 aliphatic carbocycles. The van der Waals surface area contributed by atoms with E-state index in [1.54, 1.807) is 13.8 Å². The fourth-order valence-corrected chi connectivity index (χ4v) is 1.97. The minimum absolute atomic E-state index is 0.142. The fourth-order valence-electron chi connectivity index (χ4n) is 0.890. The van der Waals surface area contributed by atoms with E-state index in [4.69, 9.17) is 5.84 Å². The van der Waals surface area contributed by atoms with E-state index >= 15 is 0 Å². The summed E-state index contributed by atoms with van der Waals surface area (Å²) < 4.78 is 24.2. The number of urea groups is 1. The highest BCUT2D eigenvalue weighted by Gasteiger charge is 2.22. The smallest absolute Gasteiger partial charge is 0.328 e. The summed E-state index contributed by atoms with van der Waals surface area (Å²) in [4.78, 5) is 10.7. The first-order valence-corrected chi connectivity index (χ1v) is 5.79. The lowest BCUT2D eigenvalue weighted by molar-refractivity contribution is 0.238. The van der Waals surface area contributed by atoms with Gasteiger partial charge in [0.15, 0.2) is 0 Å². The van der Waals surface area contributed by atoms with Crippen LogP contribution in [0.25, 0.3) is 0 Å². The molecule has 2 amide bonds. The predicted molar refractivity (Wildman–Crippen MR) is 52.8 cm³/mol. The average molecular weight is 224 g/mol.